The fourth-order valence-electron chi connectivity index (χ4n) is 3.85. The molecule has 122 valence electrons. The molecule has 1 aromatic heterocycles. The number of thiophene rings is 1. The van der Waals surface area contributed by atoms with Crippen LogP contribution in [0.5, 0.6) is 0 Å². The summed E-state index contributed by atoms with van der Waals surface area (Å²) in [5.74, 6) is 0.262. The summed E-state index contributed by atoms with van der Waals surface area (Å²) in [5, 5.41) is 1.82. The molecule has 1 saturated heterocycles. The van der Waals surface area contributed by atoms with E-state index in [0.29, 0.717) is 4.21 Å². The normalized spacial score (nSPS) is 24.5. The molecule has 1 aromatic carbocycles. The van der Waals surface area contributed by atoms with Crippen molar-refractivity contribution in [1.82, 2.24) is 4.90 Å². The van der Waals surface area contributed by atoms with Gasteiger partial charge in [0.15, 0.2) is 0 Å². The van der Waals surface area contributed by atoms with Gasteiger partial charge in [-0.05, 0) is 50.0 Å². The van der Waals surface area contributed by atoms with E-state index in [2.05, 4.69) is 24.9 Å². The van der Waals surface area contributed by atoms with Crippen molar-refractivity contribution in [3.63, 3.8) is 0 Å². The van der Waals surface area contributed by atoms with Crippen LogP contribution >= 0.6 is 11.3 Å². The van der Waals surface area contributed by atoms with Crippen molar-refractivity contribution < 1.29 is 8.42 Å². The molecule has 2 aliphatic heterocycles. The maximum absolute atomic E-state index is 13.2. The van der Waals surface area contributed by atoms with Crippen molar-refractivity contribution in [2.75, 3.05) is 24.4 Å². The van der Waals surface area contributed by atoms with Crippen molar-refractivity contribution in [2.45, 2.75) is 29.5 Å². The second-order valence-corrected chi connectivity index (χ2v) is 9.51. The monoisotopic (exact) mass is 348 g/mol. The number of fused-ring (bicyclic) bond motifs is 3. The zero-order chi connectivity index (χ0) is 16.2. The van der Waals surface area contributed by atoms with Gasteiger partial charge in [-0.15, -0.1) is 11.3 Å². The van der Waals surface area contributed by atoms with Gasteiger partial charge in [0.1, 0.15) is 4.21 Å². The average molecular weight is 348 g/mol. The molecule has 4 rings (SSSR count). The number of anilines is 1. The van der Waals surface area contributed by atoms with Crippen molar-refractivity contribution in [1.29, 1.82) is 0 Å². The fraction of sp³-hybridized carbons (Fsp3) is 0.412. The molecule has 3 heterocycles. The van der Waals surface area contributed by atoms with E-state index < -0.39 is 10.0 Å². The quantitative estimate of drug-likeness (QED) is 0.837. The SMILES string of the molecule is Cc1ccc2c(c1)C1CN(C)CCC1N2S(=O)(=O)c1cccs1. The summed E-state index contributed by atoms with van der Waals surface area (Å²) in [4.78, 5) is 2.30. The topological polar surface area (TPSA) is 40.6 Å². The zero-order valence-corrected chi connectivity index (χ0v) is 14.9. The van der Waals surface area contributed by atoms with Gasteiger partial charge in [0, 0.05) is 12.5 Å². The first-order valence-electron chi connectivity index (χ1n) is 7.85. The number of likely N-dealkylation sites (N-methyl/N-ethyl adjacent to an activating group) is 1. The van der Waals surface area contributed by atoms with Gasteiger partial charge in [-0.1, -0.05) is 23.8 Å². The first-order valence-corrected chi connectivity index (χ1v) is 10.2. The molecule has 0 amide bonds. The van der Waals surface area contributed by atoms with Crippen LogP contribution in [-0.2, 0) is 10.0 Å². The van der Waals surface area contributed by atoms with Gasteiger partial charge in [0.25, 0.3) is 10.0 Å². The van der Waals surface area contributed by atoms with Crippen LogP contribution in [0.3, 0.4) is 0 Å². The van der Waals surface area contributed by atoms with Crippen LogP contribution in [0.2, 0.25) is 0 Å². The Hall–Kier alpha value is -1.37. The molecule has 0 aliphatic carbocycles. The highest BCUT2D eigenvalue weighted by molar-refractivity contribution is 7.94. The molecule has 1 fully saturated rings. The number of rotatable bonds is 2. The van der Waals surface area contributed by atoms with Crippen LogP contribution in [0.4, 0.5) is 5.69 Å². The summed E-state index contributed by atoms with van der Waals surface area (Å²) in [6.45, 7) is 3.92. The molecule has 2 aromatic rings. The van der Waals surface area contributed by atoms with Crippen LogP contribution in [0.25, 0.3) is 0 Å². The van der Waals surface area contributed by atoms with E-state index in [1.54, 1.807) is 16.4 Å². The van der Waals surface area contributed by atoms with Crippen LogP contribution in [0.15, 0.2) is 39.9 Å². The number of hydrogen-bond donors (Lipinski definition) is 0. The summed E-state index contributed by atoms with van der Waals surface area (Å²) in [5.41, 5.74) is 3.24. The standard InChI is InChI=1S/C17H20N2O2S2/c1-12-5-6-15-13(10-12)14-11-18(2)8-7-16(14)19(15)23(20,21)17-4-3-9-22-17/h3-6,9-10,14,16H,7-8,11H2,1-2H3. The summed E-state index contributed by atoms with van der Waals surface area (Å²) in [6, 6.07) is 9.70. The van der Waals surface area contributed by atoms with Crippen LogP contribution < -0.4 is 4.31 Å². The summed E-state index contributed by atoms with van der Waals surface area (Å²) >= 11 is 1.29. The van der Waals surface area contributed by atoms with E-state index in [-0.39, 0.29) is 12.0 Å². The summed E-state index contributed by atoms with van der Waals surface area (Å²) in [7, 11) is -1.36. The highest BCUT2D eigenvalue weighted by Crippen LogP contribution is 2.47. The molecule has 6 heteroatoms. The van der Waals surface area contributed by atoms with Crippen LogP contribution in [0, 0.1) is 6.92 Å². The molecule has 0 spiro atoms. The molecule has 0 saturated carbocycles. The molecule has 0 bridgehead atoms. The molecule has 0 radical (unpaired) electrons. The lowest BCUT2D eigenvalue weighted by atomic mass is 9.89. The van der Waals surface area contributed by atoms with E-state index in [1.807, 2.05) is 17.5 Å². The third kappa shape index (κ3) is 2.31. The van der Waals surface area contributed by atoms with E-state index >= 15 is 0 Å². The largest absolute Gasteiger partial charge is 0.306 e. The van der Waals surface area contributed by atoms with Gasteiger partial charge in [0.2, 0.25) is 0 Å². The van der Waals surface area contributed by atoms with Gasteiger partial charge in [-0.3, -0.25) is 4.31 Å². The predicted octanol–water partition coefficient (Wildman–Crippen LogP) is 3.05. The first kappa shape index (κ1) is 15.2. The third-order valence-corrected chi connectivity index (χ3v) is 8.12. The van der Waals surface area contributed by atoms with Gasteiger partial charge in [-0.25, -0.2) is 8.42 Å². The molecular weight excluding hydrogens is 328 g/mol. The minimum absolute atomic E-state index is 0.0371. The van der Waals surface area contributed by atoms with Crippen molar-refractivity contribution in [3.05, 3.63) is 46.8 Å². The number of piperidine rings is 1. The summed E-state index contributed by atoms with van der Waals surface area (Å²) in [6.07, 6.45) is 0.875. The van der Waals surface area contributed by atoms with Gasteiger partial charge >= 0.3 is 0 Å². The number of likely N-dealkylation sites (tertiary alicyclic amines) is 1. The molecule has 4 nitrogen and oxygen atoms in total. The minimum Gasteiger partial charge on any atom is -0.306 e. The Morgan fingerprint density at radius 2 is 2.09 bits per heavy atom. The van der Waals surface area contributed by atoms with E-state index in [1.165, 1.54) is 22.5 Å². The Bertz CT molecular complexity index is 830. The number of benzene rings is 1. The lowest BCUT2D eigenvalue weighted by molar-refractivity contribution is 0.237. The molecule has 23 heavy (non-hydrogen) atoms. The Labute approximate surface area is 141 Å². The molecule has 2 atom stereocenters. The van der Waals surface area contributed by atoms with Crippen molar-refractivity contribution in [3.8, 4) is 0 Å². The Kier molecular flexibility index (Phi) is 3.51. The van der Waals surface area contributed by atoms with E-state index in [0.717, 1.165) is 25.2 Å². The highest BCUT2D eigenvalue weighted by Gasteiger charge is 2.46. The van der Waals surface area contributed by atoms with Gasteiger partial charge < -0.3 is 4.90 Å². The lowest BCUT2D eigenvalue weighted by Gasteiger charge is -2.36. The van der Waals surface area contributed by atoms with E-state index in [4.69, 9.17) is 0 Å². The fourth-order valence-corrected chi connectivity index (χ4v) is 6.67. The molecule has 2 unspecified atom stereocenters. The zero-order valence-electron chi connectivity index (χ0n) is 13.3. The first-order chi connectivity index (χ1) is 11.0. The smallest absolute Gasteiger partial charge is 0.274 e. The number of sulfonamides is 1. The third-order valence-electron chi connectivity index (χ3n) is 4.91. The van der Waals surface area contributed by atoms with Crippen LogP contribution in [-0.4, -0.2) is 39.5 Å². The van der Waals surface area contributed by atoms with E-state index in [9.17, 15) is 8.42 Å². The van der Waals surface area contributed by atoms with Gasteiger partial charge in [0.05, 0.1) is 11.7 Å². The molecular formula is C17H20N2O2S2. The Morgan fingerprint density at radius 3 is 2.83 bits per heavy atom. The maximum atomic E-state index is 13.2. The predicted molar refractivity (Wildman–Crippen MR) is 93.8 cm³/mol. The van der Waals surface area contributed by atoms with Crippen molar-refractivity contribution >= 4 is 27.0 Å². The molecule has 0 N–H and O–H groups in total. The molecule has 2 aliphatic rings. The second-order valence-electron chi connectivity index (χ2n) is 6.52. The maximum Gasteiger partial charge on any atom is 0.274 e. The number of aryl methyl sites for hydroxylation is 1. The highest BCUT2D eigenvalue weighted by atomic mass is 32.2. The Balaban J connectivity index is 1.87. The average Bonchev–Trinajstić information content (AvgIpc) is 3.13. The Morgan fingerprint density at radius 1 is 1.26 bits per heavy atom. The lowest BCUT2D eigenvalue weighted by Crippen LogP contribution is -2.46. The van der Waals surface area contributed by atoms with Crippen LogP contribution in [0.1, 0.15) is 23.5 Å². The number of hydrogen-bond acceptors (Lipinski definition) is 4. The number of nitrogens with zero attached hydrogens (tertiary/aromatic N) is 2. The van der Waals surface area contributed by atoms with Crippen molar-refractivity contribution in [2.24, 2.45) is 0 Å². The van der Waals surface area contributed by atoms with Gasteiger partial charge in [-0.2, -0.15) is 0 Å². The summed E-state index contributed by atoms with van der Waals surface area (Å²) < 4.78 is 28.5. The second kappa shape index (κ2) is 5.33. The minimum atomic E-state index is -3.48.